The van der Waals surface area contributed by atoms with Crippen molar-refractivity contribution in [1.82, 2.24) is 0 Å². The van der Waals surface area contributed by atoms with E-state index in [9.17, 15) is 9.59 Å². The Morgan fingerprint density at radius 2 is 2.00 bits per heavy atom. The highest BCUT2D eigenvalue weighted by atomic mass is 32.1. The Kier molecular flexibility index (Phi) is 4.90. The van der Waals surface area contributed by atoms with Gasteiger partial charge in [0.05, 0.1) is 12.2 Å². The van der Waals surface area contributed by atoms with Crippen molar-refractivity contribution < 1.29 is 18.9 Å². The molecule has 0 saturated carbocycles. The van der Waals surface area contributed by atoms with Crippen LogP contribution in [0.5, 0.6) is 0 Å². The number of amides is 1. The normalized spacial score (nSPS) is 12.8. The van der Waals surface area contributed by atoms with Crippen molar-refractivity contribution in [3.8, 4) is 0 Å². The van der Waals surface area contributed by atoms with Gasteiger partial charge in [0.1, 0.15) is 5.00 Å². The number of hydrogen-bond donors (Lipinski definition) is 1. The maximum Gasteiger partial charge on any atom is 0.341 e. The lowest BCUT2D eigenvalue weighted by Gasteiger charge is -2.07. The van der Waals surface area contributed by atoms with Gasteiger partial charge in [0.25, 0.3) is 5.91 Å². The van der Waals surface area contributed by atoms with Crippen LogP contribution < -0.4 is 9.88 Å². The van der Waals surface area contributed by atoms with Crippen molar-refractivity contribution in [2.45, 2.75) is 32.7 Å². The average molecular weight is 381 g/mol. The molecule has 0 unspecified atom stereocenters. The largest absolute Gasteiger partial charge is 0.462 e. The minimum absolute atomic E-state index is 0.152. The van der Waals surface area contributed by atoms with Crippen LogP contribution in [0.15, 0.2) is 42.7 Å². The predicted octanol–water partition coefficient (Wildman–Crippen LogP) is 3.49. The Labute approximate surface area is 161 Å². The van der Waals surface area contributed by atoms with Crippen LogP contribution in [-0.4, -0.2) is 18.5 Å². The highest BCUT2D eigenvalue weighted by molar-refractivity contribution is 7.17. The summed E-state index contributed by atoms with van der Waals surface area (Å²) < 4.78 is 7.06. The number of ether oxygens (including phenoxy) is 1. The number of thiophene rings is 1. The number of carbonyl (C=O) groups is 2. The topological polar surface area (TPSA) is 59.3 Å². The maximum atomic E-state index is 12.6. The van der Waals surface area contributed by atoms with Crippen molar-refractivity contribution in [2.75, 3.05) is 11.9 Å². The van der Waals surface area contributed by atoms with E-state index in [4.69, 9.17) is 4.74 Å². The van der Waals surface area contributed by atoms with Crippen LogP contribution in [-0.2, 0) is 28.9 Å². The first-order chi connectivity index (χ1) is 13.2. The molecule has 2 heterocycles. The van der Waals surface area contributed by atoms with E-state index >= 15 is 0 Å². The molecule has 1 aromatic carbocycles. The van der Waals surface area contributed by atoms with Crippen LogP contribution in [0.4, 0.5) is 5.00 Å². The van der Waals surface area contributed by atoms with E-state index in [1.54, 1.807) is 6.92 Å². The summed E-state index contributed by atoms with van der Waals surface area (Å²) in [6.45, 7) is 2.30. The van der Waals surface area contributed by atoms with Crippen molar-refractivity contribution in [1.29, 1.82) is 0 Å². The second-order valence-electron chi connectivity index (χ2n) is 6.58. The molecule has 0 spiro atoms. The number of aryl methyl sites for hydroxylation is 1. The fraction of sp³-hybridized carbons (Fsp3) is 0.286. The van der Waals surface area contributed by atoms with E-state index in [-0.39, 0.29) is 18.4 Å². The Morgan fingerprint density at radius 1 is 1.19 bits per heavy atom. The van der Waals surface area contributed by atoms with Gasteiger partial charge in [-0.1, -0.05) is 18.2 Å². The Balaban J connectivity index is 1.54. The van der Waals surface area contributed by atoms with E-state index in [0.29, 0.717) is 17.2 Å². The minimum atomic E-state index is -0.342. The first-order valence-corrected chi connectivity index (χ1v) is 9.96. The van der Waals surface area contributed by atoms with Crippen molar-refractivity contribution >= 4 is 39.0 Å². The molecule has 1 aliphatic carbocycles. The summed E-state index contributed by atoms with van der Waals surface area (Å²) in [6, 6.07) is 10.0. The number of carbonyl (C=O) groups excluding carboxylic acids is 2. The number of esters is 1. The molecule has 5 nitrogen and oxygen atoms in total. The summed E-state index contributed by atoms with van der Waals surface area (Å²) in [6.07, 6.45) is 6.73. The molecule has 0 bridgehead atoms. The molecule has 1 amide bonds. The Bertz CT molecular complexity index is 1030. The molecule has 0 radical (unpaired) electrons. The highest BCUT2D eigenvalue weighted by Gasteiger charge is 2.28. The molecule has 4 rings (SSSR count). The molecule has 27 heavy (non-hydrogen) atoms. The van der Waals surface area contributed by atoms with E-state index in [0.717, 1.165) is 35.6 Å². The number of aromatic nitrogens is 1. The first kappa shape index (κ1) is 17.7. The second kappa shape index (κ2) is 7.48. The quantitative estimate of drug-likeness (QED) is 0.544. The van der Waals surface area contributed by atoms with E-state index in [1.165, 1.54) is 16.2 Å². The van der Waals surface area contributed by atoms with Crippen LogP contribution in [0.3, 0.4) is 0 Å². The lowest BCUT2D eigenvalue weighted by atomic mass is 10.1. The van der Waals surface area contributed by atoms with Gasteiger partial charge in [0.15, 0.2) is 12.4 Å². The Morgan fingerprint density at radius 3 is 2.81 bits per heavy atom. The predicted molar refractivity (Wildman–Crippen MR) is 105 cm³/mol. The third-order valence-electron chi connectivity index (χ3n) is 4.73. The maximum absolute atomic E-state index is 12.6. The molecule has 138 valence electrons. The molecule has 1 aliphatic rings. The zero-order valence-corrected chi connectivity index (χ0v) is 16.0. The first-order valence-electron chi connectivity index (χ1n) is 9.15. The average Bonchev–Trinajstić information content (AvgIpc) is 3.22. The van der Waals surface area contributed by atoms with E-state index < -0.39 is 0 Å². The molecule has 0 atom stereocenters. The number of pyridine rings is 1. The second-order valence-corrected chi connectivity index (χ2v) is 7.68. The summed E-state index contributed by atoms with van der Waals surface area (Å²) in [5.41, 5.74) is 1.60. The molecule has 0 fully saturated rings. The summed E-state index contributed by atoms with van der Waals surface area (Å²) >= 11 is 1.50. The lowest BCUT2D eigenvalue weighted by molar-refractivity contribution is -0.682. The van der Waals surface area contributed by atoms with Gasteiger partial charge in [-0.2, -0.15) is 4.57 Å². The Hall–Kier alpha value is -2.73. The fourth-order valence-corrected chi connectivity index (χ4v) is 4.81. The van der Waals surface area contributed by atoms with Crippen LogP contribution in [0.25, 0.3) is 10.8 Å². The van der Waals surface area contributed by atoms with Gasteiger partial charge in [0, 0.05) is 16.3 Å². The van der Waals surface area contributed by atoms with Crippen molar-refractivity contribution in [3.05, 3.63) is 58.7 Å². The lowest BCUT2D eigenvalue weighted by Crippen LogP contribution is -2.39. The van der Waals surface area contributed by atoms with E-state index in [2.05, 4.69) is 5.32 Å². The van der Waals surface area contributed by atoms with E-state index in [1.807, 2.05) is 47.3 Å². The molecule has 6 heteroatoms. The fourth-order valence-electron chi connectivity index (χ4n) is 3.52. The third kappa shape index (κ3) is 3.57. The monoisotopic (exact) mass is 381 g/mol. The molecule has 1 N–H and O–H groups in total. The number of nitrogens with one attached hydrogen (secondary N) is 1. The number of anilines is 1. The van der Waals surface area contributed by atoms with Crippen LogP contribution in [0.2, 0.25) is 0 Å². The van der Waals surface area contributed by atoms with Gasteiger partial charge in [-0.3, -0.25) is 4.79 Å². The van der Waals surface area contributed by atoms with Gasteiger partial charge in [-0.15, -0.1) is 11.3 Å². The van der Waals surface area contributed by atoms with Gasteiger partial charge >= 0.3 is 5.97 Å². The highest BCUT2D eigenvalue weighted by Crippen LogP contribution is 2.39. The molecular weight excluding hydrogens is 360 g/mol. The van der Waals surface area contributed by atoms with Crippen molar-refractivity contribution in [3.63, 3.8) is 0 Å². The molecule has 3 aromatic rings. The van der Waals surface area contributed by atoms with Gasteiger partial charge in [-0.25, -0.2) is 4.79 Å². The van der Waals surface area contributed by atoms with Crippen LogP contribution >= 0.6 is 11.3 Å². The summed E-state index contributed by atoms with van der Waals surface area (Å²) in [5, 5.41) is 5.76. The van der Waals surface area contributed by atoms with Crippen LogP contribution in [0, 0.1) is 0 Å². The summed E-state index contributed by atoms with van der Waals surface area (Å²) in [5.74, 6) is -0.494. The standard InChI is InChI=1S/C21H20N2O3S/c1-2-26-21(25)19-16-8-5-9-17(16)27-20(19)22-18(24)13-23-11-10-14-6-3-4-7-15(14)12-23/h3-4,6-7,10-12H,2,5,8-9,13H2,1H3/p+1. The third-order valence-corrected chi connectivity index (χ3v) is 5.93. The SMILES string of the molecule is CCOC(=O)c1c(NC(=O)C[n+]2ccc3ccccc3c2)sc2c1CCC2. The molecule has 0 saturated heterocycles. The number of nitrogens with zero attached hydrogens (tertiary/aromatic N) is 1. The van der Waals surface area contributed by atoms with Crippen LogP contribution in [0.1, 0.15) is 34.1 Å². The zero-order valence-electron chi connectivity index (χ0n) is 15.2. The number of hydrogen-bond acceptors (Lipinski definition) is 4. The molecule has 2 aromatic heterocycles. The summed E-state index contributed by atoms with van der Waals surface area (Å²) in [4.78, 5) is 26.2. The molecule has 0 aliphatic heterocycles. The smallest absolute Gasteiger partial charge is 0.341 e. The van der Waals surface area contributed by atoms with Gasteiger partial charge in [-0.05, 0) is 43.2 Å². The zero-order chi connectivity index (χ0) is 18.8. The minimum Gasteiger partial charge on any atom is -0.462 e. The van der Waals surface area contributed by atoms with Gasteiger partial charge < -0.3 is 10.1 Å². The number of fused-ring (bicyclic) bond motifs is 2. The molecular formula is C21H21N2O3S+. The number of rotatable bonds is 5. The van der Waals surface area contributed by atoms with Crippen molar-refractivity contribution in [2.24, 2.45) is 0 Å². The number of benzene rings is 1. The summed E-state index contributed by atoms with van der Waals surface area (Å²) in [7, 11) is 0. The van der Waals surface area contributed by atoms with Gasteiger partial charge in [0.2, 0.25) is 6.54 Å².